The third-order valence-electron chi connectivity index (χ3n) is 0.289. The number of halogens is 2. The first-order valence-corrected chi connectivity index (χ1v) is 3.78. The largest absolute Gasteiger partial charge is 0.549 e. The van der Waals surface area contributed by atoms with E-state index in [1.165, 1.54) is 0 Å². The molecule has 0 fully saturated rings. The van der Waals surface area contributed by atoms with Crippen LogP contribution < -0.4 is 5.73 Å². The molecule has 9 heavy (non-hydrogen) atoms. The number of nitrogens with two attached hydrogens (primary N) is 1. The Morgan fingerprint density at radius 2 is 1.78 bits per heavy atom. The average Bonchev–Trinajstić information content (AvgIpc) is 1.61. The van der Waals surface area contributed by atoms with E-state index in [9.17, 15) is 8.39 Å². The zero-order valence-corrected chi connectivity index (χ0v) is 5.94. The van der Waals surface area contributed by atoms with E-state index in [1.807, 2.05) is 0 Å². The van der Waals surface area contributed by atoms with Gasteiger partial charge in [-0.05, 0) is 13.0 Å². The molecular weight excluding hydrogens is 151 g/mol. The normalized spacial score (nSPS) is 9.89. The molecular formula is C3H10F2NO2P. The summed E-state index contributed by atoms with van der Waals surface area (Å²) in [6.07, 6.45) is 1.10. The van der Waals surface area contributed by atoms with Crippen molar-refractivity contribution in [2.75, 3.05) is 6.54 Å². The van der Waals surface area contributed by atoms with Gasteiger partial charge in [0.15, 0.2) is 0 Å². The predicted octanol–water partition coefficient (Wildman–Crippen LogP) is 1.38. The predicted molar refractivity (Wildman–Crippen MR) is 31.4 cm³/mol. The van der Waals surface area contributed by atoms with Gasteiger partial charge in [0.1, 0.15) is 0 Å². The van der Waals surface area contributed by atoms with E-state index in [4.69, 9.17) is 15.2 Å². The fourth-order valence-electron chi connectivity index (χ4n) is 0. The first-order valence-electron chi connectivity index (χ1n) is 2.34. The molecule has 0 aromatic rings. The van der Waals surface area contributed by atoms with Crippen LogP contribution in [-0.4, -0.2) is 11.4 Å². The molecule has 0 saturated heterocycles. The van der Waals surface area contributed by atoms with Gasteiger partial charge in [0.25, 0.3) is 0 Å². The lowest BCUT2D eigenvalue weighted by atomic mass is 10.5. The van der Waals surface area contributed by atoms with Gasteiger partial charge in [-0.3, -0.25) is 4.89 Å². The Bertz CT molecular complexity index is 83.5. The highest BCUT2D eigenvalue weighted by Crippen LogP contribution is 2.43. The summed E-state index contributed by atoms with van der Waals surface area (Å²) >= 11 is 0. The molecule has 0 amide bonds. The van der Waals surface area contributed by atoms with E-state index in [2.05, 4.69) is 6.92 Å². The van der Waals surface area contributed by atoms with E-state index in [1.54, 1.807) is 0 Å². The highest BCUT2D eigenvalue weighted by Gasteiger charge is 2.09. The highest BCUT2D eigenvalue weighted by molar-refractivity contribution is 7.46. The topological polar surface area (TPSA) is 63.3 Å². The molecule has 6 heteroatoms. The lowest BCUT2D eigenvalue weighted by molar-refractivity contribution is 0.376. The fourth-order valence-corrected chi connectivity index (χ4v) is 0. The molecule has 0 aliphatic rings. The molecule has 0 bridgehead atoms. The van der Waals surface area contributed by atoms with Gasteiger partial charge in [-0.1, -0.05) is 6.92 Å². The van der Waals surface area contributed by atoms with E-state index in [0.717, 1.165) is 13.0 Å². The second-order valence-electron chi connectivity index (χ2n) is 1.22. The molecule has 58 valence electrons. The van der Waals surface area contributed by atoms with Crippen LogP contribution in [0.3, 0.4) is 0 Å². The number of hydrogen-bond donors (Lipinski definition) is 2. The lowest BCUT2D eigenvalue weighted by Crippen LogP contribution is -1.93. The zero-order chi connectivity index (χ0) is 7.91. The second-order valence-corrected chi connectivity index (χ2v) is 2.09. The van der Waals surface area contributed by atoms with Crippen molar-refractivity contribution in [1.82, 2.24) is 0 Å². The maximum atomic E-state index is 10.1. The molecule has 0 rings (SSSR count). The molecule has 0 unspecified atom stereocenters. The molecule has 0 heterocycles. The Labute approximate surface area is 52.6 Å². The van der Waals surface area contributed by atoms with Crippen molar-refractivity contribution < 1.29 is 17.9 Å². The third-order valence-corrected chi connectivity index (χ3v) is 0.289. The van der Waals surface area contributed by atoms with Crippen molar-refractivity contribution in [2.45, 2.75) is 13.3 Å². The van der Waals surface area contributed by atoms with Gasteiger partial charge in [-0.25, -0.2) is 4.57 Å². The minimum atomic E-state index is -5.64. The van der Waals surface area contributed by atoms with Crippen molar-refractivity contribution in [3.8, 4) is 0 Å². The molecule has 3 nitrogen and oxygen atoms in total. The van der Waals surface area contributed by atoms with E-state index in [-0.39, 0.29) is 0 Å². The maximum Gasteiger partial charge on any atom is 0.549 e. The van der Waals surface area contributed by atoms with E-state index < -0.39 is 7.99 Å². The maximum absolute atomic E-state index is 10.1. The van der Waals surface area contributed by atoms with Crippen LogP contribution in [0, 0.1) is 0 Å². The zero-order valence-electron chi connectivity index (χ0n) is 5.05. The summed E-state index contributed by atoms with van der Waals surface area (Å²) in [6, 6.07) is 0. The summed E-state index contributed by atoms with van der Waals surface area (Å²) in [4.78, 5) is 6.74. The lowest BCUT2D eigenvalue weighted by Gasteiger charge is -1.73. The molecule has 3 N–H and O–H groups in total. The van der Waals surface area contributed by atoms with Gasteiger partial charge in [0.2, 0.25) is 0 Å². The molecule has 0 aromatic heterocycles. The van der Waals surface area contributed by atoms with Crippen LogP contribution in [0.25, 0.3) is 0 Å². The summed E-state index contributed by atoms with van der Waals surface area (Å²) in [6.45, 7) is 2.88. The Morgan fingerprint density at radius 3 is 1.78 bits per heavy atom. The van der Waals surface area contributed by atoms with Crippen molar-refractivity contribution in [3.63, 3.8) is 0 Å². The van der Waals surface area contributed by atoms with Crippen molar-refractivity contribution >= 4 is 7.99 Å². The van der Waals surface area contributed by atoms with Gasteiger partial charge in [-0.2, -0.15) is 0 Å². The minimum Gasteiger partial charge on any atom is -0.330 e. The van der Waals surface area contributed by atoms with Gasteiger partial charge < -0.3 is 5.73 Å². The van der Waals surface area contributed by atoms with Crippen LogP contribution in [0.15, 0.2) is 0 Å². The Kier molecular flexibility index (Phi) is 8.02. The van der Waals surface area contributed by atoms with Gasteiger partial charge in [-0.15, -0.1) is 8.39 Å². The summed E-state index contributed by atoms with van der Waals surface area (Å²) in [7, 11) is -5.64. The van der Waals surface area contributed by atoms with Gasteiger partial charge in [0, 0.05) is 0 Å². The SMILES string of the molecule is CCCN.O=P(O)(F)F. The molecule has 0 aliphatic heterocycles. The Hall–Kier alpha value is 0.01000. The van der Waals surface area contributed by atoms with Crippen molar-refractivity contribution in [3.05, 3.63) is 0 Å². The molecule has 0 atom stereocenters. The quantitative estimate of drug-likeness (QED) is 0.571. The molecule has 0 saturated carbocycles. The number of rotatable bonds is 1. The first kappa shape index (κ1) is 11.8. The molecule has 0 radical (unpaired) electrons. The summed E-state index contributed by atoms with van der Waals surface area (Å²) in [5.74, 6) is 0. The van der Waals surface area contributed by atoms with E-state index >= 15 is 0 Å². The van der Waals surface area contributed by atoms with Crippen LogP contribution in [0.4, 0.5) is 8.39 Å². The van der Waals surface area contributed by atoms with Gasteiger partial charge >= 0.3 is 7.99 Å². The van der Waals surface area contributed by atoms with Crippen LogP contribution in [0.2, 0.25) is 0 Å². The average molecular weight is 161 g/mol. The van der Waals surface area contributed by atoms with Crippen LogP contribution in [-0.2, 0) is 4.57 Å². The molecule has 0 aromatic carbocycles. The molecule has 0 spiro atoms. The second kappa shape index (κ2) is 6.13. The van der Waals surface area contributed by atoms with Gasteiger partial charge in [0.05, 0.1) is 0 Å². The fraction of sp³-hybridized carbons (Fsp3) is 1.00. The Balaban J connectivity index is 0. The van der Waals surface area contributed by atoms with Crippen LogP contribution in [0.5, 0.6) is 0 Å². The minimum absolute atomic E-state index is 0.819. The smallest absolute Gasteiger partial charge is 0.330 e. The summed E-state index contributed by atoms with van der Waals surface area (Å²) < 4.78 is 28.7. The third kappa shape index (κ3) is 284. The first-order chi connectivity index (χ1) is 3.91. The number of hydrogen-bond acceptors (Lipinski definition) is 2. The van der Waals surface area contributed by atoms with E-state index in [0.29, 0.717) is 0 Å². The highest BCUT2D eigenvalue weighted by atomic mass is 31.2. The summed E-state index contributed by atoms with van der Waals surface area (Å²) in [5, 5.41) is 0. The van der Waals surface area contributed by atoms with Crippen molar-refractivity contribution in [2.24, 2.45) is 5.73 Å². The van der Waals surface area contributed by atoms with Crippen LogP contribution in [0.1, 0.15) is 13.3 Å². The standard InChI is InChI=1S/C3H9N.F2HO2P/c1-2-3-4;1-5(2,3)4/h2-4H2,1H3;(H,3,4). The molecule has 0 aliphatic carbocycles. The van der Waals surface area contributed by atoms with Crippen molar-refractivity contribution in [1.29, 1.82) is 0 Å². The Morgan fingerprint density at radius 1 is 1.67 bits per heavy atom. The summed E-state index contributed by atoms with van der Waals surface area (Å²) in [5.41, 5.74) is 5.03. The van der Waals surface area contributed by atoms with Crippen LogP contribution >= 0.6 is 7.99 Å². The monoisotopic (exact) mass is 161 g/mol.